The van der Waals surface area contributed by atoms with Crippen LogP contribution in [0.5, 0.6) is 0 Å². The van der Waals surface area contributed by atoms with Gasteiger partial charge in [-0.1, -0.05) is 67.1 Å². The maximum absolute atomic E-state index is 11.9. The van der Waals surface area contributed by atoms with Crippen molar-refractivity contribution in [3.05, 3.63) is 71.8 Å². The number of amides is 1. The van der Waals surface area contributed by atoms with Crippen LogP contribution in [0.4, 0.5) is 0 Å². The number of benzene rings is 2. The molecule has 0 saturated carbocycles. The molecule has 0 aromatic heterocycles. The molecule has 2 aromatic rings. The average Bonchev–Trinajstić information content (AvgIpc) is 2.59. The van der Waals surface area contributed by atoms with Gasteiger partial charge in [-0.15, -0.1) is 12.4 Å². The van der Waals surface area contributed by atoms with Crippen LogP contribution in [0.1, 0.15) is 36.4 Å². The lowest BCUT2D eigenvalue weighted by atomic mass is 9.99. The van der Waals surface area contributed by atoms with Crippen molar-refractivity contribution < 1.29 is 4.79 Å². The van der Waals surface area contributed by atoms with Gasteiger partial charge in [0.15, 0.2) is 0 Å². The number of hydrogen-bond donors (Lipinski definition) is 2. The van der Waals surface area contributed by atoms with Crippen LogP contribution < -0.4 is 10.6 Å². The van der Waals surface area contributed by atoms with Gasteiger partial charge in [0.2, 0.25) is 5.91 Å². The van der Waals surface area contributed by atoms with Crippen LogP contribution in [-0.2, 0) is 11.2 Å². The Morgan fingerprint density at radius 1 is 0.958 bits per heavy atom. The van der Waals surface area contributed by atoms with E-state index in [0.29, 0.717) is 6.54 Å². The van der Waals surface area contributed by atoms with Gasteiger partial charge in [-0.05, 0) is 37.4 Å². The minimum atomic E-state index is 0. The van der Waals surface area contributed by atoms with Gasteiger partial charge in [0.25, 0.3) is 0 Å². The predicted octanol–water partition coefficient (Wildman–Crippen LogP) is 3.90. The molecule has 2 N–H and O–H groups in total. The highest BCUT2D eigenvalue weighted by atomic mass is 35.5. The first kappa shape index (κ1) is 20.2. The van der Waals surface area contributed by atoms with E-state index < -0.39 is 0 Å². The molecule has 0 aliphatic heterocycles. The summed E-state index contributed by atoms with van der Waals surface area (Å²) >= 11 is 0. The quantitative estimate of drug-likeness (QED) is 0.676. The minimum absolute atomic E-state index is 0. The Bertz CT molecular complexity index is 575. The van der Waals surface area contributed by atoms with Crippen LogP contribution in [0.25, 0.3) is 0 Å². The van der Waals surface area contributed by atoms with E-state index in [1.807, 2.05) is 24.3 Å². The zero-order chi connectivity index (χ0) is 16.3. The molecule has 0 radical (unpaired) electrons. The van der Waals surface area contributed by atoms with Crippen LogP contribution in [0.15, 0.2) is 60.7 Å². The van der Waals surface area contributed by atoms with Gasteiger partial charge >= 0.3 is 0 Å². The highest BCUT2D eigenvalue weighted by Crippen LogP contribution is 2.20. The van der Waals surface area contributed by atoms with Crippen molar-refractivity contribution in [2.75, 3.05) is 13.6 Å². The lowest BCUT2D eigenvalue weighted by molar-refractivity contribution is -0.120. The molecule has 0 heterocycles. The summed E-state index contributed by atoms with van der Waals surface area (Å²) < 4.78 is 0. The third-order valence-electron chi connectivity index (χ3n) is 3.93. The number of nitrogens with one attached hydrogen (secondary N) is 2. The molecular formula is C20H27ClN2O. The van der Waals surface area contributed by atoms with E-state index in [4.69, 9.17) is 0 Å². The summed E-state index contributed by atoms with van der Waals surface area (Å²) in [6.45, 7) is 0.355. The van der Waals surface area contributed by atoms with Gasteiger partial charge in [0.1, 0.15) is 0 Å². The maximum Gasteiger partial charge on any atom is 0.234 e. The number of carbonyl (C=O) groups is 1. The molecule has 1 amide bonds. The second-order valence-corrected chi connectivity index (χ2v) is 5.79. The number of hydrogen-bond acceptors (Lipinski definition) is 2. The normalized spacial score (nSPS) is 11.4. The van der Waals surface area contributed by atoms with Gasteiger partial charge in [-0.2, -0.15) is 0 Å². The monoisotopic (exact) mass is 346 g/mol. The minimum Gasteiger partial charge on any atom is -0.348 e. The summed E-state index contributed by atoms with van der Waals surface area (Å²) in [5.41, 5.74) is 2.56. The third-order valence-corrected chi connectivity index (χ3v) is 3.93. The fraction of sp³-hybridized carbons (Fsp3) is 0.350. The maximum atomic E-state index is 11.9. The van der Waals surface area contributed by atoms with Crippen molar-refractivity contribution in [2.45, 2.75) is 31.7 Å². The molecule has 1 unspecified atom stereocenters. The first-order valence-electron chi connectivity index (χ1n) is 8.32. The lowest BCUT2D eigenvalue weighted by Crippen LogP contribution is -2.35. The Hall–Kier alpha value is -1.84. The Labute approximate surface area is 151 Å². The summed E-state index contributed by atoms with van der Waals surface area (Å²) in [6, 6.07) is 20.9. The van der Waals surface area contributed by atoms with E-state index in [1.54, 1.807) is 7.05 Å². The zero-order valence-electron chi connectivity index (χ0n) is 14.2. The van der Waals surface area contributed by atoms with Crippen LogP contribution >= 0.6 is 12.4 Å². The Balaban J connectivity index is 0.00000288. The first-order chi connectivity index (χ1) is 11.3. The summed E-state index contributed by atoms with van der Waals surface area (Å²) in [4.78, 5) is 11.9. The number of rotatable bonds is 9. The number of halogens is 1. The van der Waals surface area contributed by atoms with E-state index in [-0.39, 0.29) is 24.4 Å². The van der Waals surface area contributed by atoms with Gasteiger partial charge in [-0.25, -0.2) is 0 Å². The van der Waals surface area contributed by atoms with E-state index >= 15 is 0 Å². The number of carbonyl (C=O) groups excluding carboxylic acids is 1. The van der Waals surface area contributed by atoms with Crippen LogP contribution in [0.3, 0.4) is 0 Å². The summed E-state index contributed by atoms with van der Waals surface area (Å²) in [5, 5.41) is 6.03. The fourth-order valence-corrected chi connectivity index (χ4v) is 2.74. The topological polar surface area (TPSA) is 41.1 Å². The van der Waals surface area contributed by atoms with Gasteiger partial charge in [0.05, 0.1) is 12.6 Å². The standard InChI is InChI=1S/C20H26N2O.ClH/c1-21-16-20(23)22-19(18-13-6-3-7-14-18)15-9-8-12-17-10-4-2-5-11-17;/h2-7,10-11,13-14,19,21H,8-9,12,15-16H2,1H3,(H,22,23);1H. The number of likely N-dealkylation sites (N-methyl/N-ethyl adjacent to an activating group) is 1. The van der Waals surface area contributed by atoms with E-state index in [9.17, 15) is 4.79 Å². The Kier molecular flexibility index (Phi) is 9.81. The molecule has 0 aliphatic carbocycles. The largest absolute Gasteiger partial charge is 0.348 e. The highest BCUT2D eigenvalue weighted by Gasteiger charge is 2.13. The summed E-state index contributed by atoms with van der Waals surface area (Å²) in [5.74, 6) is 0.0458. The van der Waals surface area contributed by atoms with Gasteiger partial charge < -0.3 is 10.6 Å². The molecule has 0 aliphatic rings. The number of aryl methyl sites for hydroxylation is 1. The molecule has 0 fully saturated rings. The van der Waals surface area contributed by atoms with Crippen LogP contribution in [-0.4, -0.2) is 19.5 Å². The SMILES string of the molecule is CNCC(=O)NC(CCCCc1ccccc1)c1ccccc1.Cl. The van der Waals surface area contributed by atoms with E-state index in [2.05, 4.69) is 47.0 Å². The molecule has 2 aromatic carbocycles. The summed E-state index contributed by atoms with van der Waals surface area (Å²) in [7, 11) is 1.79. The molecule has 3 nitrogen and oxygen atoms in total. The summed E-state index contributed by atoms with van der Waals surface area (Å²) in [6.07, 6.45) is 4.28. The van der Waals surface area contributed by atoms with Crippen molar-refractivity contribution in [1.29, 1.82) is 0 Å². The van der Waals surface area contributed by atoms with E-state index in [0.717, 1.165) is 25.7 Å². The molecule has 0 saturated heterocycles. The van der Waals surface area contributed by atoms with Crippen molar-refractivity contribution in [1.82, 2.24) is 10.6 Å². The molecule has 0 spiro atoms. The Morgan fingerprint density at radius 3 is 2.21 bits per heavy atom. The van der Waals surface area contributed by atoms with Crippen molar-refractivity contribution in [3.8, 4) is 0 Å². The van der Waals surface area contributed by atoms with Crippen molar-refractivity contribution in [2.24, 2.45) is 0 Å². The molecule has 1 atom stereocenters. The van der Waals surface area contributed by atoms with Gasteiger partial charge in [-0.3, -0.25) is 4.79 Å². The average molecular weight is 347 g/mol. The van der Waals surface area contributed by atoms with Crippen molar-refractivity contribution >= 4 is 18.3 Å². The molecule has 0 bridgehead atoms. The molecule has 4 heteroatoms. The molecule has 130 valence electrons. The Morgan fingerprint density at radius 2 is 1.58 bits per heavy atom. The third kappa shape index (κ3) is 7.16. The first-order valence-corrected chi connectivity index (χ1v) is 8.32. The van der Waals surface area contributed by atoms with Gasteiger partial charge in [0, 0.05) is 0 Å². The smallest absolute Gasteiger partial charge is 0.234 e. The van der Waals surface area contributed by atoms with Crippen LogP contribution in [0, 0.1) is 0 Å². The van der Waals surface area contributed by atoms with Crippen LogP contribution in [0.2, 0.25) is 0 Å². The number of unbranched alkanes of at least 4 members (excludes halogenated alkanes) is 1. The van der Waals surface area contributed by atoms with Crippen molar-refractivity contribution in [3.63, 3.8) is 0 Å². The molecule has 2 rings (SSSR count). The highest BCUT2D eigenvalue weighted by molar-refractivity contribution is 5.85. The molecule has 24 heavy (non-hydrogen) atoms. The molecular weight excluding hydrogens is 320 g/mol. The zero-order valence-corrected chi connectivity index (χ0v) is 15.0. The second kappa shape index (κ2) is 11.7. The lowest BCUT2D eigenvalue weighted by Gasteiger charge is -2.19. The van der Waals surface area contributed by atoms with E-state index in [1.165, 1.54) is 11.1 Å². The predicted molar refractivity (Wildman–Crippen MR) is 102 cm³/mol. The fourth-order valence-electron chi connectivity index (χ4n) is 2.74. The second-order valence-electron chi connectivity index (χ2n) is 5.79.